The van der Waals surface area contributed by atoms with E-state index in [9.17, 15) is 5.11 Å². The number of nitrogens with zero attached hydrogens (tertiary/aromatic N) is 2. The van der Waals surface area contributed by atoms with Crippen LogP contribution in [0.1, 0.15) is 25.8 Å². The number of aromatic hydroxyl groups is 1. The first kappa shape index (κ1) is 21.1. The molecule has 0 unspecified atom stereocenters. The van der Waals surface area contributed by atoms with Crippen LogP contribution in [-0.4, -0.2) is 34.0 Å². The van der Waals surface area contributed by atoms with Gasteiger partial charge in [0.1, 0.15) is 11.4 Å². The zero-order valence-corrected chi connectivity index (χ0v) is 18.0. The summed E-state index contributed by atoms with van der Waals surface area (Å²) in [7, 11) is 0. The Bertz CT molecular complexity index is 1130. The highest BCUT2D eigenvalue weighted by Crippen LogP contribution is 2.29. The van der Waals surface area contributed by atoms with Crippen LogP contribution in [0.15, 0.2) is 73.1 Å². The second-order valence-electron chi connectivity index (χ2n) is 7.38. The van der Waals surface area contributed by atoms with Crippen LogP contribution in [0.4, 0.5) is 0 Å². The van der Waals surface area contributed by atoms with Crippen molar-refractivity contribution >= 4 is 5.65 Å². The van der Waals surface area contributed by atoms with Crippen LogP contribution in [0.2, 0.25) is 0 Å². The molecule has 0 saturated carbocycles. The van der Waals surface area contributed by atoms with Gasteiger partial charge in [0, 0.05) is 31.4 Å². The number of phenolic OH excluding ortho intramolecular Hbond substituents is 1. The number of rotatable bonds is 9. The van der Waals surface area contributed by atoms with E-state index in [1.54, 1.807) is 0 Å². The van der Waals surface area contributed by atoms with Crippen molar-refractivity contribution in [2.75, 3.05) is 13.2 Å². The lowest BCUT2D eigenvalue weighted by Gasteiger charge is -2.17. The van der Waals surface area contributed by atoms with Gasteiger partial charge < -0.3 is 14.6 Å². The van der Waals surface area contributed by atoms with Crippen LogP contribution >= 0.6 is 0 Å². The minimum Gasteiger partial charge on any atom is -0.508 e. The van der Waals surface area contributed by atoms with Gasteiger partial charge in [-0.05, 0) is 55.2 Å². The first-order valence-corrected chi connectivity index (χ1v) is 10.8. The quantitative estimate of drug-likeness (QED) is 0.355. The molecule has 0 fully saturated rings. The van der Waals surface area contributed by atoms with Gasteiger partial charge in [-0.2, -0.15) is 0 Å². The zero-order valence-electron chi connectivity index (χ0n) is 18.0. The average Bonchev–Trinajstić information content (AvgIpc) is 3.22. The molecule has 0 aliphatic carbocycles. The van der Waals surface area contributed by atoms with E-state index >= 15 is 0 Å². The molecule has 5 nitrogen and oxygen atoms in total. The third-order valence-corrected chi connectivity index (χ3v) is 5.36. The van der Waals surface area contributed by atoms with E-state index in [2.05, 4.69) is 27.6 Å². The lowest BCUT2D eigenvalue weighted by molar-refractivity contribution is -0.139. The highest BCUT2D eigenvalue weighted by Gasteiger charge is 2.12. The molecule has 0 saturated heterocycles. The molecule has 0 aliphatic heterocycles. The van der Waals surface area contributed by atoms with Crippen LogP contribution in [0.3, 0.4) is 0 Å². The summed E-state index contributed by atoms with van der Waals surface area (Å²) in [5, 5.41) is 10.6. The molecule has 160 valence electrons. The van der Waals surface area contributed by atoms with Crippen LogP contribution in [0.5, 0.6) is 5.75 Å². The number of imidazole rings is 1. The van der Waals surface area contributed by atoms with Crippen molar-refractivity contribution in [2.45, 2.75) is 33.0 Å². The molecule has 0 atom stereocenters. The van der Waals surface area contributed by atoms with E-state index in [4.69, 9.17) is 9.47 Å². The highest BCUT2D eigenvalue weighted by atomic mass is 16.7. The molecule has 2 heterocycles. The van der Waals surface area contributed by atoms with Crippen molar-refractivity contribution in [3.63, 3.8) is 0 Å². The highest BCUT2D eigenvalue weighted by molar-refractivity contribution is 5.72. The normalized spacial score (nSPS) is 11.5. The lowest BCUT2D eigenvalue weighted by Crippen LogP contribution is -2.18. The van der Waals surface area contributed by atoms with E-state index in [1.807, 2.05) is 68.7 Å². The fourth-order valence-electron chi connectivity index (χ4n) is 3.80. The number of fused-ring (bicyclic) bond motifs is 1. The summed E-state index contributed by atoms with van der Waals surface area (Å²) in [6.07, 6.45) is 5.07. The minimum atomic E-state index is -0.240. The van der Waals surface area contributed by atoms with Gasteiger partial charge in [0.05, 0.1) is 11.9 Å². The Morgan fingerprint density at radius 1 is 0.903 bits per heavy atom. The summed E-state index contributed by atoms with van der Waals surface area (Å²) in [5.74, 6) is 0.289. The summed E-state index contributed by atoms with van der Waals surface area (Å²) in [6, 6.07) is 20.1. The van der Waals surface area contributed by atoms with E-state index in [1.165, 1.54) is 0 Å². The summed E-state index contributed by atoms with van der Waals surface area (Å²) in [5.41, 5.74) is 5.92. The summed E-state index contributed by atoms with van der Waals surface area (Å²) in [6.45, 7) is 5.13. The van der Waals surface area contributed by atoms with Crippen molar-refractivity contribution in [2.24, 2.45) is 0 Å². The number of aromatic nitrogens is 2. The van der Waals surface area contributed by atoms with E-state index in [0.29, 0.717) is 26.1 Å². The molecular formula is C26H28N2O3. The van der Waals surface area contributed by atoms with Gasteiger partial charge >= 0.3 is 0 Å². The van der Waals surface area contributed by atoms with Gasteiger partial charge in [-0.25, -0.2) is 4.98 Å². The van der Waals surface area contributed by atoms with Gasteiger partial charge in [0.15, 0.2) is 6.29 Å². The molecule has 1 N–H and O–H groups in total. The van der Waals surface area contributed by atoms with Crippen molar-refractivity contribution in [3.05, 3.63) is 78.6 Å². The standard InChI is InChI=1S/C26H28N2O3/c1-3-30-26(31-4-2)13-12-20-10-11-21(16-24(20)29)22-14-15-28-23(18-27-25(28)17-22)19-8-6-5-7-9-19/h5-11,14-18,26,29H,3-4,12-13H2,1-2H3. The van der Waals surface area contributed by atoms with Gasteiger partial charge in [0.2, 0.25) is 0 Å². The Balaban J connectivity index is 1.54. The molecule has 31 heavy (non-hydrogen) atoms. The fraction of sp³-hybridized carbons (Fsp3) is 0.269. The van der Waals surface area contributed by atoms with Crippen molar-refractivity contribution in [1.82, 2.24) is 9.38 Å². The largest absolute Gasteiger partial charge is 0.508 e. The maximum absolute atomic E-state index is 10.6. The monoisotopic (exact) mass is 416 g/mol. The SMILES string of the molecule is CCOC(CCc1ccc(-c2ccn3c(-c4ccccc4)cnc3c2)cc1O)OCC. The predicted molar refractivity (Wildman–Crippen MR) is 123 cm³/mol. The minimum absolute atomic E-state index is 0.240. The second-order valence-corrected chi connectivity index (χ2v) is 7.38. The first-order valence-electron chi connectivity index (χ1n) is 10.8. The molecule has 2 aromatic heterocycles. The second kappa shape index (κ2) is 9.77. The molecule has 2 aromatic carbocycles. The molecule has 0 aliphatic rings. The number of pyridine rings is 1. The van der Waals surface area contributed by atoms with E-state index in [-0.39, 0.29) is 12.0 Å². The van der Waals surface area contributed by atoms with Crippen molar-refractivity contribution in [1.29, 1.82) is 0 Å². The summed E-state index contributed by atoms with van der Waals surface area (Å²) >= 11 is 0. The maximum atomic E-state index is 10.6. The third kappa shape index (κ3) is 4.79. The average molecular weight is 417 g/mol. The van der Waals surface area contributed by atoms with E-state index in [0.717, 1.165) is 33.6 Å². The molecule has 0 spiro atoms. The Morgan fingerprint density at radius 3 is 2.35 bits per heavy atom. The molecule has 5 heteroatoms. The van der Waals surface area contributed by atoms with Gasteiger partial charge in [0.25, 0.3) is 0 Å². The van der Waals surface area contributed by atoms with Crippen LogP contribution in [0, 0.1) is 0 Å². The number of aryl methyl sites for hydroxylation is 1. The number of ether oxygens (including phenoxy) is 2. The lowest BCUT2D eigenvalue weighted by atomic mass is 10.0. The number of benzene rings is 2. The molecule has 0 bridgehead atoms. The predicted octanol–water partition coefficient (Wildman–Crippen LogP) is 5.71. The molecule has 4 rings (SSSR count). The Labute approximate surface area is 182 Å². The molecular weight excluding hydrogens is 388 g/mol. The van der Waals surface area contributed by atoms with Crippen LogP contribution < -0.4 is 0 Å². The topological polar surface area (TPSA) is 56.0 Å². The third-order valence-electron chi connectivity index (χ3n) is 5.36. The molecule has 4 aromatic rings. The van der Waals surface area contributed by atoms with Gasteiger partial charge in [-0.3, -0.25) is 4.40 Å². The summed E-state index contributed by atoms with van der Waals surface area (Å²) < 4.78 is 13.3. The maximum Gasteiger partial charge on any atom is 0.157 e. The number of phenols is 1. The zero-order chi connectivity index (χ0) is 21.6. The van der Waals surface area contributed by atoms with Gasteiger partial charge in [-0.15, -0.1) is 0 Å². The van der Waals surface area contributed by atoms with Gasteiger partial charge in [-0.1, -0.05) is 42.5 Å². The summed E-state index contributed by atoms with van der Waals surface area (Å²) in [4.78, 5) is 4.58. The molecule has 0 amide bonds. The first-order chi connectivity index (χ1) is 15.2. The fourth-order valence-corrected chi connectivity index (χ4v) is 3.80. The van der Waals surface area contributed by atoms with Crippen LogP contribution in [-0.2, 0) is 15.9 Å². The Kier molecular flexibility index (Phi) is 6.65. The van der Waals surface area contributed by atoms with Crippen LogP contribution in [0.25, 0.3) is 28.0 Å². The number of hydrogen-bond acceptors (Lipinski definition) is 4. The molecule has 0 radical (unpaired) electrons. The Hall–Kier alpha value is -3.15. The Morgan fingerprint density at radius 2 is 1.65 bits per heavy atom. The van der Waals surface area contributed by atoms with E-state index < -0.39 is 0 Å². The van der Waals surface area contributed by atoms with Crippen molar-refractivity contribution < 1.29 is 14.6 Å². The smallest absolute Gasteiger partial charge is 0.157 e. The number of hydrogen-bond donors (Lipinski definition) is 1. The van der Waals surface area contributed by atoms with Crippen molar-refractivity contribution in [3.8, 4) is 28.1 Å².